The molecule has 4 nitrogen and oxygen atoms in total. The van der Waals surface area contributed by atoms with E-state index in [1.165, 1.54) is 0 Å². The Morgan fingerprint density at radius 1 is 1.17 bits per heavy atom. The van der Waals surface area contributed by atoms with Gasteiger partial charge in [0.1, 0.15) is 0 Å². The number of rotatable bonds is 6. The normalized spacial score (nSPS) is 11.7. The van der Waals surface area contributed by atoms with Gasteiger partial charge in [0.2, 0.25) is 0 Å². The molecular formula is C16H16F2N4S. The Hall–Kier alpha value is -1.99. The minimum Gasteiger partial charge on any atom is -0.300 e. The second-order valence-corrected chi connectivity index (χ2v) is 6.31. The molecule has 0 N–H and O–H groups in total. The zero-order valence-electron chi connectivity index (χ0n) is 12.6. The van der Waals surface area contributed by atoms with Gasteiger partial charge in [0.05, 0.1) is 18.1 Å². The molecule has 3 aromatic rings. The number of hydrogen-bond donors (Lipinski definition) is 0. The fourth-order valence-corrected chi connectivity index (χ4v) is 2.93. The highest BCUT2D eigenvalue weighted by Gasteiger charge is 2.08. The molecule has 3 rings (SSSR count). The van der Waals surface area contributed by atoms with Gasteiger partial charge in [-0.05, 0) is 24.7 Å². The molecule has 0 bridgehead atoms. The lowest BCUT2D eigenvalue weighted by molar-refractivity contribution is 0.252. The Morgan fingerprint density at radius 2 is 1.96 bits per heavy atom. The average molecular weight is 334 g/mol. The average Bonchev–Trinajstić information content (AvgIpc) is 2.92. The maximum absolute atomic E-state index is 12.3. The van der Waals surface area contributed by atoms with E-state index in [2.05, 4.69) is 14.9 Å². The molecule has 23 heavy (non-hydrogen) atoms. The third-order valence-electron chi connectivity index (χ3n) is 3.43. The second-order valence-electron chi connectivity index (χ2n) is 5.25. The van der Waals surface area contributed by atoms with Crippen molar-refractivity contribution in [3.8, 4) is 0 Å². The zero-order chi connectivity index (χ0) is 16.2. The number of nitrogens with zero attached hydrogens (tertiary/aromatic N) is 4. The van der Waals surface area contributed by atoms with Crippen LogP contribution in [0.4, 0.5) is 8.78 Å². The van der Waals surface area contributed by atoms with Crippen LogP contribution in [0.3, 0.4) is 0 Å². The fraction of sp³-hybridized carbons (Fsp3) is 0.250. The van der Waals surface area contributed by atoms with E-state index in [0.717, 1.165) is 30.0 Å². The van der Waals surface area contributed by atoms with Gasteiger partial charge in [0.15, 0.2) is 5.65 Å². The van der Waals surface area contributed by atoms with Crippen molar-refractivity contribution in [2.45, 2.75) is 23.7 Å². The van der Waals surface area contributed by atoms with E-state index < -0.39 is 5.76 Å². The van der Waals surface area contributed by atoms with Gasteiger partial charge < -0.3 is 0 Å². The van der Waals surface area contributed by atoms with Crippen molar-refractivity contribution in [1.82, 2.24) is 19.3 Å². The van der Waals surface area contributed by atoms with Gasteiger partial charge in [-0.2, -0.15) is 8.78 Å². The van der Waals surface area contributed by atoms with E-state index in [1.807, 2.05) is 36.0 Å². The first-order valence-electron chi connectivity index (χ1n) is 7.10. The lowest BCUT2D eigenvalue weighted by Gasteiger charge is -2.16. The Bertz CT molecular complexity index is 773. The molecule has 120 valence electrons. The van der Waals surface area contributed by atoms with Gasteiger partial charge in [0.25, 0.3) is 5.76 Å². The summed E-state index contributed by atoms with van der Waals surface area (Å²) >= 11 is 0.567. The number of aromatic nitrogens is 3. The lowest BCUT2D eigenvalue weighted by Crippen LogP contribution is -2.18. The summed E-state index contributed by atoms with van der Waals surface area (Å²) in [6.07, 6.45) is 7.19. The van der Waals surface area contributed by atoms with Gasteiger partial charge in [0, 0.05) is 30.4 Å². The number of hydrogen-bond acceptors (Lipinski definition) is 4. The number of imidazole rings is 1. The van der Waals surface area contributed by atoms with Crippen LogP contribution in [0.15, 0.2) is 53.9 Å². The number of fused-ring (bicyclic) bond motifs is 1. The maximum atomic E-state index is 12.3. The summed E-state index contributed by atoms with van der Waals surface area (Å²) in [5.41, 5.74) is 2.99. The first-order valence-corrected chi connectivity index (χ1v) is 7.98. The number of halogens is 2. The molecule has 1 aromatic carbocycles. The standard InChI is InChI=1S/C16H16F2N4S/c1-21(10-12-2-4-14(5-3-12)23-16(17)18)11-13-8-20-15-9-19-6-7-22(13)15/h2-9,16H,10-11H2,1H3. The third kappa shape index (κ3) is 4.05. The molecule has 0 aliphatic carbocycles. The first kappa shape index (κ1) is 15.9. The van der Waals surface area contributed by atoms with Crippen LogP contribution in [0.1, 0.15) is 11.3 Å². The molecular weight excluding hydrogens is 318 g/mol. The quantitative estimate of drug-likeness (QED) is 0.644. The Balaban J connectivity index is 1.64. The Labute approximate surface area is 137 Å². The molecule has 0 spiro atoms. The van der Waals surface area contributed by atoms with E-state index in [0.29, 0.717) is 16.7 Å². The Kier molecular flexibility index (Phi) is 4.88. The van der Waals surface area contributed by atoms with Crippen LogP contribution < -0.4 is 0 Å². The van der Waals surface area contributed by atoms with Crippen LogP contribution >= 0.6 is 11.8 Å². The number of benzene rings is 1. The van der Waals surface area contributed by atoms with Gasteiger partial charge >= 0.3 is 0 Å². The molecule has 0 fully saturated rings. The summed E-state index contributed by atoms with van der Waals surface area (Å²) in [7, 11) is 2.02. The minimum absolute atomic E-state index is 0.567. The van der Waals surface area contributed by atoms with Crippen LogP contribution in [-0.4, -0.2) is 32.1 Å². The van der Waals surface area contributed by atoms with Gasteiger partial charge in [-0.1, -0.05) is 23.9 Å². The van der Waals surface area contributed by atoms with Crippen LogP contribution in [0.5, 0.6) is 0 Å². The first-order chi connectivity index (χ1) is 11.1. The van der Waals surface area contributed by atoms with Gasteiger partial charge in [-0.15, -0.1) is 0 Å². The highest BCUT2D eigenvalue weighted by molar-refractivity contribution is 7.99. The van der Waals surface area contributed by atoms with E-state index in [1.54, 1.807) is 24.5 Å². The van der Waals surface area contributed by atoms with Crippen molar-refractivity contribution < 1.29 is 8.78 Å². The smallest absolute Gasteiger partial charge is 0.288 e. The van der Waals surface area contributed by atoms with Crippen molar-refractivity contribution in [2.75, 3.05) is 7.05 Å². The molecule has 0 unspecified atom stereocenters. The summed E-state index contributed by atoms with van der Waals surface area (Å²) < 4.78 is 26.6. The minimum atomic E-state index is -2.38. The molecule has 0 aliphatic heterocycles. The highest BCUT2D eigenvalue weighted by Crippen LogP contribution is 2.25. The molecule has 0 saturated heterocycles. The van der Waals surface area contributed by atoms with Crippen molar-refractivity contribution in [1.29, 1.82) is 0 Å². The highest BCUT2D eigenvalue weighted by atomic mass is 32.2. The van der Waals surface area contributed by atoms with E-state index >= 15 is 0 Å². The number of alkyl halides is 2. The molecule has 2 heterocycles. The predicted octanol–water partition coefficient (Wildman–Crippen LogP) is 3.68. The topological polar surface area (TPSA) is 33.4 Å². The van der Waals surface area contributed by atoms with Gasteiger partial charge in [-0.25, -0.2) is 4.98 Å². The van der Waals surface area contributed by atoms with Crippen LogP contribution in [0.2, 0.25) is 0 Å². The maximum Gasteiger partial charge on any atom is 0.288 e. The van der Waals surface area contributed by atoms with Crippen molar-refractivity contribution in [3.63, 3.8) is 0 Å². The second kappa shape index (κ2) is 7.06. The predicted molar refractivity (Wildman–Crippen MR) is 86.5 cm³/mol. The largest absolute Gasteiger partial charge is 0.300 e. The zero-order valence-corrected chi connectivity index (χ0v) is 13.4. The monoisotopic (exact) mass is 334 g/mol. The van der Waals surface area contributed by atoms with Crippen LogP contribution in [0, 0.1) is 0 Å². The molecule has 0 aliphatic rings. The SMILES string of the molecule is CN(Cc1ccc(SC(F)F)cc1)Cc1cnc2cnccn12. The van der Waals surface area contributed by atoms with Gasteiger partial charge in [-0.3, -0.25) is 14.3 Å². The van der Waals surface area contributed by atoms with Crippen molar-refractivity contribution in [3.05, 3.63) is 60.3 Å². The molecule has 0 saturated carbocycles. The summed E-state index contributed by atoms with van der Waals surface area (Å²) in [6, 6.07) is 7.25. The van der Waals surface area contributed by atoms with E-state index in [-0.39, 0.29) is 0 Å². The van der Waals surface area contributed by atoms with Crippen LogP contribution in [0.25, 0.3) is 5.65 Å². The molecule has 7 heteroatoms. The van der Waals surface area contributed by atoms with Crippen molar-refractivity contribution >= 4 is 17.4 Å². The summed E-state index contributed by atoms with van der Waals surface area (Å²) in [5, 5.41) is 0. The van der Waals surface area contributed by atoms with E-state index in [9.17, 15) is 8.78 Å². The lowest BCUT2D eigenvalue weighted by atomic mass is 10.2. The summed E-state index contributed by atoms with van der Waals surface area (Å²) in [6.45, 7) is 1.47. The fourth-order valence-electron chi connectivity index (χ4n) is 2.43. The summed E-state index contributed by atoms with van der Waals surface area (Å²) in [4.78, 5) is 11.1. The summed E-state index contributed by atoms with van der Waals surface area (Å²) in [5.74, 6) is -2.38. The van der Waals surface area contributed by atoms with Crippen LogP contribution in [-0.2, 0) is 13.1 Å². The molecule has 2 aromatic heterocycles. The Morgan fingerprint density at radius 3 is 2.70 bits per heavy atom. The van der Waals surface area contributed by atoms with Crippen molar-refractivity contribution in [2.24, 2.45) is 0 Å². The molecule has 0 radical (unpaired) electrons. The number of thioether (sulfide) groups is 1. The third-order valence-corrected chi connectivity index (χ3v) is 4.15. The molecule has 0 atom stereocenters. The molecule has 0 amide bonds. The van der Waals surface area contributed by atoms with E-state index in [4.69, 9.17) is 0 Å².